The van der Waals surface area contributed by atoms with Crippen molar-refractivity contribution in [2.24, 2.45) is 0 Å². The monoisotopic (exact) mass is 196 g/mol. The molecule has 0 aliphatic heterocycles. The number of rotatable bonds is 6. The lowest BCUT2D eigenvalue weighted by molar-refractivity contribution is 0.509. The second-order valence-electron chi connectivity index (χ2n) is 3.73. The average Bonchev–Trinajstić information content (AvgIpc) is 2.52. The van der Waals surface area contributed by atoms with Crippen LogP contribution in [0.2, 0.25) is 0 Å². The highest BCUT2D eigenvalue weighted by atomic mass is 15.2. The van der Waals surface area contributed by atoms with Crippen molar-refractivity contribution in [3.63, 3.8) is 0 Å². The van der Waals surface area contributed by atoms with Crippen molar-refractivity contribution < 1.29 is 0 Å². The first kappa shape index (κ1) is 11.2. The molecule has 0 radical (unpaired) electrons. The van der Waals surface area contributed by atoms with E-state index >= 15 is 0 Å². The molecule has 1 aromatic heterocycles. The molecule has 80 valence electrons. The van der Waals surface area contributed by atoms with Gasteiger partial charge in [0.15, 0.2) is 5.82 Å². The second-order valence-corrected chi connectivity index (χ2v) is 3.73. The van der Waals surface area contributed by atoms with Crippen LogP contribution in [0.15, 0.2) is 0 Å². The van der Waals surface area contributed by atoms with Crippen molar-refractivity contribution in [3.05, 3.63) is 11.6 Å². The molecule has 1 rings (SSSR count). The predicted molar refractivity (Wildman–Crippen MR) is 57.2 cm³/mol. The summed E-state index contributed by atoms with van der Waals surface area (Å²) in [5.41, 5.74) is 0. The summed E-state index contributed by atoms with van der Waals surface area (Å²) in [7, 11) is 0. The third kappa shape index (κ3) is 3.87. The predicted octanol–water partition coefficient (Wildman–Crippen LogP) is 1.43. The minimum atomic E-state index is 0.597. The van der Waals surface area contributed by atoms with Crippen molar-refractivity contribution >= 4 is 0 Å². The van der Waals surface area contributed by atoms with Crippen LogP contribution in [0.4, 0.5) is 0 Å². The topological polar surface area (TPSA) is 53.6 Å². The van der Waals surface area contributed by atoms with Gasteiger partial charge in [0.05, 0.1) is 0 Å². The first-order valence-corrected chi connectivity index (χ1v) is 5.33. The molecule has 0 aliphatic carbocycles. The summed E-state index contributed by atoms with van der Waals surface area (Å²) in [5.74, 6) is 1.79. The zero-order chi connectivity index (χ0) is 10.4. The molecule has 0 saturated carbocycles. The first-order chi connectivity index (χ1) is 6.72. The smallest absolute Gasteiger partial charge is 0.151 e. The van der Waals surface area contributed by atoms with Crippen LogP contribution >= 0.6 is 0 Å². The van der Waals surface area contributed by atoms with Crippen molar-refractivity contribution in [2.45, 2.75) is 46.1 Å². The number of H-pyrrole nitrogens is 1. The Labute approximate surface area is 85.5 Å². The summed E-state index contributed by atoms with van der Waals surface area (Å²) in [4.78, 5) is 4.25. The van der Waals surface area contributed by atoms with Gasteiger partial charge in [-0.1, -0.05) is 13.3 Å². The van der Waals surface area contributed by atoms with Crippen molar-refractivity contribution in [2.75, 3.05) is 6.54 Å². The molecular formula is C10H20N4. The van der Waals surface area contributed by atoms with Crippen LogP contribution in [0.1, 0.15) is 38.3 Å². The fraction of sp³-hybridized carbons (Fsp3) is 0.800. The van der Waals surface area contributed by atoms with E-state index in [9.17, 15) is 0 Å². The van der Waals surface area contributed by atoms with Crippen molar-refractivity contribution in [1.82, 2.24) is 20.5 Å². The summed E-state index contributed by atoms with van der Waals surface area (Å²) in [6, 6.07) is 0.597. The third-order valence-electron chi connectivity index (χ3n) is 2.21. The fourth-order valence-electron chi connectivity index (χ4n) is 1.47. The molecule has 1 atom stereocenters. The summed E-state index contributed by atoms with van der Waals surface area (Å²) in [6.07, 6.45) is 3.36. The Kier molecular flexibility index (Phi) is 4.59. The number of hydrogen-bond acceptors (Lipinski definition) is 3. The lowest BCUT2D eigenvalue weighted by Crippen LogP contribution is -2.28. The zero-order valence-corrected chi connectivity index (χ0v) is 9.30. The lowest BCUT2D eigenvalue weighted by atomic mass is 10.2. The van der Waals surface area contributed by atoms with Crippen LogP contribution in [0, 0.1) is 6.92 Å². The molecule has 4 nitrogen and oxygen atoms in total. The van der Waals surface area contributed by atoms with Gasteiger partial charge in [0.25, 0.3) is 0 Å². The third-order valence-corrected chi connectivity index (χ3v) is 2.21. The molecule has 0 saturated heterocycles. The molecule has 0 amide bonds. The van der Waals surface area contributed by atoms with Crippen molar-refractivity contribution in [3.8, 4) is 0 Å². The van der Waals surface area contributed by atoms with E-state index in [1.807, 2.05) is 6.92 Å². The summed E-state index contributed by atoms with van der Waals surface area (Å²) in [5, 5.41) is 10.4. The number of aryl methyl sites for hydroxylation is 1. The van der Waals surface area contributed by atoms with Gasteiger partial charge in [-0.15, -0.1) is 0 Å². The Morgan fingerprint density at radius 1 is 1.50 bits per heavy atom. The quantitative estimate of drug-likeness (QED) is 0.723. The van der Waals surface area contributed by atoms with E-state index in [0.29, 0.717) is 6.04 Å². The van der Waals surface area contributed by atoms with Crippen LogP contribution in [0.5, 0.6) is 0 Å². The number of hydrogen-bond donors (Lipinski definition) is 2. The Bertz CT molecular complexity index is 256. The maximum absolute atomic E-state index is 4.25. The van der Waals surface area contributed by atoms with Gasteiger partial charge >= 0.3 is 0 Å². The van der Waals surface area contributed by atoms with Gasteiger partial charge in [-0.3, -0.25) is 5.10 Å². The van der Waals surface area contributed by atoms with Gasteiger partial charge in [-0.2, -0.15) is 5.10 Å². The van der Waals surface area contributed by atoms with E-state index in [2.05, 4.69) is 34.3 Å². The normalized spacial score (nSPS) is 13.1. The SMILES string of the molecule is CCCC(C)NCCc1n[nH]c(C)n1. The van der Waals surface area contributed by atoms with E-state index in [-0.39, 0.29) is 0 Å². The Morgan fingerprint density at radius 2 is 2.29 bits per heavy atom. The summed E-state index contributed by atoms with van der Waals surface area (Å²) in [6.45, 7) is 7.30. The van der Waals surface area contributed by atoms with Crippen LogP contribution in [0.3, 0.4) is 0 Å². The van der Waals surface area contributed by atoms with Gasteiger partial charge in [-0.05, 0) is 20.3 Å². The van der Waals surface area contributed by atoms with E-state index in [1.54, 1.807) is 0 Å². The molecule has 1 aromatic rings. The maximum Gasteiger partial charge on any atom is 0.151 e. The van der Waals surface area contributed by atoms with Gasteiger partial charge in [0.2, 0.25) is 0 Å². The average molecular weight is 196 g/mol. The Morgan fingerprint density at radius 3 is 2.86 bits per heavy atom. The fourth-order valence-corrected chi connectivity index (χ4v) is 1.47. The van der Waals surface area contributed by atoms with E-state index in [4.69, 9.17) is 0 Å². The van der Waals surface area contributed by atoms with Crippen LogP contribution < -0.4 is 5.32 Å². The van der Waals surface area contributed by atoms with Gasteiger partial charge in [0.1, 0.15) is 5.82 Å². The molecule has 0 fully saturated rings. The second kappa shape index (κ2) is 5.75. The molecular weight excluding hydrogens is 176 g/mol. The van der Waals surface area contributed by atoms with Gasteiger partial charge < -0.3 is 5.32 Å². The molecule has 2 N–H and O–H groups in total. The largest absolute Gasteiger partial charge is 0.314 e. The van der Waals surface area contributed by atoms with E-state index in [1.165, 1.54) is 12.8 Å². The van der Waals surface area contributed by atoms with Crippen LogP contribution in [0.25, 0.3) is 0 Å². The molecule has 1 heterocycles. The number of nitrogens with one attached hydrogen (secondary N) is 2. The van der Waals surface area contributed by atoms with Crippen LogP contribution in [-0.2, 0) is 6.42 Å². The zero-order valence-electron chi connectivity index (χ0n) is 9.30. The molecule has 0 bridgehead atoms. The standard InChI is InChI=1S/C10H20N4/c1-4-5-8(2)11-7-6-10-12-9(3)13-14-10/h8,11H,4-7H2,1-3H3,(H,12,13,14). The highest BCUT2D eigenvalue weighted by Crippen LogP contribution is 1.95. The van der Waals surface area contributed by atoms with E-state index in [0.717, 1.165) is 24.6 Å². The molecule has 0 aromatic carbocycles. The number of aromatic nitrogens is 3. The Hall–Kier alpha value is -0.900. The molecule has 0 spiro atoms. The van der Waals surface area contributed by atoms with Gasteiger partial charge in [-0.25, -0.2) is 4.98 Å². The van der Waals surface area contributed by atoms with Gasteiger partial charge in [0, 0.05) is 19.0 Å². The van der Waals surface area contributed by atoms with Crippen LogP contribution in [-0.4, -0.2) is 27.8 Å². The molecule has 0 aliphatic rings. The molecule has 4 heteroatoms. The minimum Gasteiger partial charge on any atom is -0.314 e. The Balaban J connectivity index is 2.15. The highest BCUT2D eigenvalue weighted by molar-refractivity contribution is 4.88. The first-order valence-electron chi connectivity index (χ1n) is 5.33. The summed E-state index contributed by atoms with van der Waals surface area (Å²) >= 11 is 0. The maximum atomic E-state index is 4.25. The van der Waals surface area contributed by atoms with Crippen molar-refractivity contribution in [1.29, 1.82) is 0 Å². The number of nitrogens with zero attached hydrogens (tertiary/aromatic N) is 2. The lowest BCUT2D eigenvalue weighted by Gasteiger charge is -2.10. The number of aromatic amines is 1. The summed E-state index contributed by atoms with van der Waals surface area (Å²) < 4.78 is 0. The minimum absolute atomic E-state index is 0.597. The van der Waals surface area contributed by atoms with E-state index < -0.39 is 0 Å². The highest BCUT2D eigenvalue weighted by Gasteiger charge is 2.01. The molecule has 1 unspecified atom stereocenters. The molecule has 14 heavy (non-hydrogen) atoms.